The Morgan fingerprint density at radius 3 is 2.10 bits per heavy atom. The van der Waals surface area contributed by atoms with Crippen LogP contribution in [0.3, 0.4) is 0 Å². The van der Waals surface area contributed by atoms with E-state index in [0.717, 1.165) is 35.6 Å². The molecule has 0 atom stereocenters. The summed E-state index contributed by atoms with van der Waals surface area (Å²) in [6.45, 7) is 0. The second-order valence-corrected chi connectivity index (χ2v) is 7.82. The average Bonchev–Trinajstić information content (AvgIpc) is 3.19. The summed E-state index contributed by atoms with van der Waals surface area (Å²) in [6, 6.07) is 27.7. The lowest BCUT2D eigenvalue weighted by Crippen LogP contribution is -1.96. The second kappa shape index (κ2) is 7.37. The summed E-state index contributed by atoms with van der Waals surface area (Å²) >= 11 is 0. The molecular weight excluding hydrogens is 378 g/mol. The van der Waals surface area contributed by atoms with Crippen molar-refractivity contribution in [3.8, 4) is 17.1 Å². The highest BCUT2D eigenvalue weighted by Gasteiger charge is 2.12. The number of aromatic nitrogens is 3. The SMILES string of the molecule is C1=CC(c2ccnc(-c3ccc(-n4c5ccccc5c5ccccc54)cc3)n2)=CCC1. The molecule has 0 N–H and O–H groups in total. The van der Waals surface area contributed by atoms with Gasteiger partial charge in [0.25, 0.3) is 0 Å². The zero-order chi connectivity index (χ0) is 20.6. The van der Waals surface area contributed by atoms with Crippen LogP contribution in [-0.4, -0.2) is 14.5 Å². The van der Waals surface area contributed by atoms with Crippen LogP contribution in [0.2, 0.25) is 0 Å². The van der Waals surface area contributed by atoms with Gasteiger partial charge in [-0.1, -0.05) is 54.6 Å². The maximum Gasteiger partial charge on any atom is 0.159 e. The van der Waals surface area contributed by atoms with Crippen LogP contribution in [0.1, 0.15) is 18.5 Å². The van der Waals surface area contributed by atoms with Gasteiger partial charge in [0, 0.05) is 28.2 Å². The van der Waals surface area contributed by atoms with Gasteiger partial charge >= 0.3 is 0 Å². The first-order valence-corrected chi connectivity index (χ1v) is 10.7. The monoisotopic (exact) mass is 399 g/mol. The molecule has 3 nitrogen and oxygen atoms in total. The van der Waals surface area contributed by atoms with E-state index < -0.39 is 0 Å². The number of benzene rings is 3. The second-order valence-electron chi connectivity index (χ2n) is 7.82. The number of hydrogen-bond acceptors (Lipinski definition) is 2. The summed E-state index contributed by atoms with van der Waals surface area (Å²) < 4.78 is 2.32. The van der Waals surface area contributed by atoms with Crippen molar-refractivity contribution >= 4 is 27.4 Å². The molecule has 1 aliphatic rings. The minimum atomic E-state index is 0.756. The van der Waals surface area contributed by atoms with Gasteiger partial charge in [0.05, 0.1) is 16.7 Å². The highest BCUT2D eigenvalue weighted by Crippen LogP contribution is 2.32. The number of nitrogens with zero attached hydrogens (tertiary/aromatic N) is 3. The molecule has 3 heteroatoms. The molecule has 2 heterocycles. The third-order valence-corrected chi connectivity index (χ3v) is 5.91. The van der Waals surface area contributed by atoms with Crippen molar-refractivity contribution in [3.63, 3.8) is 0 Å². The molecule has 0 spiro atoms. The van der Waals surface area contributed by atoms with Gasteiger partial charge in [-0.15, -0.1) is 0 Å². The predicted molar refractivity (Wildman–Crippen MR) is 128 cm³/mol. The maximum absolute atomic E-state index is 4.82. The normalized spacial score (nSPS) is 13.6. The molecule has 3 aromatic carbocycles. The fraction of sp³-hybridized carbons (Fsp3) is 0.0714. The molecule has 2 aromatic heterocycles. The van der Waals surface area contributed by atoms with Crippen LogP contribution >= 0.6 is 0 Å². The van der Waals surface area contributed by atoms with Crippen molar-refractivity contribution in [2.45, 2.75) is 12.8 Å². The molecule has 0 saturated carbocycles. The minimum absolute atomic E-state index is 0.756. The third kappa shape index (κ3) is 3.06. The summed E-state index contributed by atoms with van der Waals surface area (Å²) in [5, 5.41) is 2.54. The molecule has 148 valence electrons. The van der Waals surface area contributed by atoms with Crippen LogP contribution in [0.15, 0.2) is 103 Å². The Hall–Kier alpha value is -3.98. The van der Waals surface area contributed by atoms with Crippen molar-refractivity contribution in [3.05, 3.63) is 109 Å². The minimum Gasteiger partial charge on any atom is -0.309 e. The molecule has 0 radical (unpaired) electrons. The molecule has 6 rings (SSSR count). The first kappa shape index (κ1) is 17.8. The van der Waals surface area contributed by atoms with E-state index in [1.54, 1.807) is 0 Å². The van der Waals surface area contributed by atoms with Crippen molar-refractivity contribution < 1.29 is 0 Å². The maximum atomic E-state index is 4.82. The lowest BCUT2D eigenvalue weighted by atomic mass is 10.0. The fourth-order valence-electron chi connectivity index (χ4n) is 4.42. The van der Waals surface area contributed by atoms with E-state index in [2.05, 4.69) is 101 Å². The van der Waals surface area contributed by atoms with Crippen molar-refractivity contribution in [2.24, 2.45) is 0 Å². The number of hydrogen-bond donors (Lipinski definition) is 0. The van der Waals surface area contributed by atoms with Crippen LogP contribution in [-0.2, 0) is 0 Å². The van der Waals surface area contributed by atoms with Crippen molar-refractivity contribution in [2.75, 3.05) is 0 Å². The standard InChI is InChI=1S/C28H21N3/c1-2-8-20(9-3-1)25-18-19-29-28(30-25)21-14-16-22(17-15-21)31-26-12-6-4-10-23(26)24-11-5-7-13-27(24)31/h2,4-19H,1,3H2. The number of rotatable bonds is 3. The number of allylic oxidation sites excluding steroid dienone is 4. The Labute approximate surface area is 181 Å². The topological polar surface area (TPSA) is 30.7 Å². The molecule has 5 aromatic rings. The van der Waals surface area contributed by atoms with Crippen LogP contribution < -0.4 is 0 Å². The lowest BCUT2D eigenvalue weighted by Gasteiger charge is -2.10. The first-order valence-electron chi connectivity index (χ1n) is 10.7. The van der Waals surface area contributed by atoms with Crippen LogP contribution in [0, 0.1) is 0 Å². The summed E-state index contributed by atoms with van der Waals surface area (Å²) in [5.41, 5.74) is 6.74. The largest absolute Gasteiger partial charge is 0.309 e. The van der Waals surface area contributed by atoms with E-state index in [4.69, 9.17) is 4.98 Å². The van der Waals surface area contributed by atoms with Gasteiger partial charge in [0.1, 0.15) is 0 Å². The van der Waals surface area contributed by atoms with Crippen molar-refractivity contribution in [1.82, 2.24) is 14.5 Å². The number of para-hydroxylation sites is 2. The number of fused-ring (bicyclic) bond motifs is 3. The van der Waals surface area contributed by atoms with E-state index in [9.17, 15) is 0 Å². The van der Waals surface area contributed by atoms with Gasteiger partial charge in [-0.25, -0.2) is 9.97 Å². The molecule has 0 aliphatic heterocycles. The smallest absolute Gasteiger partial charge is 0.159 e. The summed E-state index contributed by atoms with van der Waals surface area (Å²) in [6.07, 6.45) is 10.6. The predicted octanol–water partition coefficient (Wildman–Crippen LogP) is 6.97. The Morgan fingerprint density at radius 2 is 1.42 bits per heavy atom. The van der Waals surface area contributed by atoms with Gasteiger partial charge in [-0.3, -0.25) is 0 Å². The van der Waals surface area contributed by atoms with Gasteiger partial charge in [-0.05, 0) is 60.9 Å². The van der Waals surface area contributed by atoms with Gasteiger partial charge < -0.3 is 4.57 Å². The first-order chi connectivity index (χ1) is 15.4. The Kier molecular flexibility index (Phi) is 4.24. The van der Waals surface area contributed by atoms with Crippen LogP contribution in [0.4, 0.5) is 0 Å². The fourth-order valence-corrected chi connectivity index (χ4v) is 4.42. The molecular formula is C28H21N3. The van der Waals surface area contributed by atoms with E-state index in [-0.39, 0.29) is 0 Å². The molecule has 0 bridgehead atoms. The van der Waals surface area contributed by atoms with Gasteiger partial charge in [-0.2, -0.15) is 0 Å². The van der Waals surface area contributed by atoms with Crippen LogP contribution in [0.5, 0.6) is 0 Å². The summed E-state index contributed by atoms with van der Waals surface area (Å²) in [7, 11) is 0. The summed E-state index contributed by atoms with van der Waals surface area (Å²) in [5.74, 6) is 0.756. The highest BCUT2D eigenvalue weighted by molar-refractivity contribution is 6.09. The van der Waals surface area contributed by atoms with Crippen LogP contribution in [0.25, 0.3) is 44.5 Å². The molecule has 0 saturated heterocycles. The Bertz CT molecular complexity index is 1420. The lowest BCUT2D eigenvalue weighted by molar-refractivity contribution is 1.03. The summed E-state index contributed by atoms with van der Waals surface area (Å²) in [4.78, 5) is 9.35. The zero-order valence-corrected chi connectivity index (χ0v) is 17.1. The highest BCUT2D eigenvalue weighted by atomic mass is 15.0. The van der Waals surface area contributed by atoms with Gasteiger partial charge in [0.2, 0.25) is 0 Å². The Balaban J connectivity index is 1.43. The quantitative estimate of drug-likeness (QED) is 0.328. The van der Waals surface area contributed by atoms with Gasteiger partial charge in [0.15, 0.2) is 5.82 Å². The van der Waals surface area contributed by atoms with E-state index in [0.29, 0.717) is 0 Å². The molecule has 31 heavy (non-hydrogen) atoms. The third-order valence-electron chi connectivity index (χ3n) is 5.91. The van der Waals surface area contributed by atoms with Crippen molar-refractivity contribution in [1.29, 1.82) is 0 Å². The molecule has 0 amide bonds. The van der Waals surface area contributed by atoms with E-state index in [1.807, 2.05) is 12.3 Å². The zero-order valence-electron chi connectivity index (χ0n) is 17.1. The van der Waals surface area contributed by atoms with E-state index in [1.165, 1.54) is 27.4 Å². The molecule has 0 fully saturated rings. The average molecular weight is 399 g/mol. The molecule has 1 aliphatic carbocycles. The Morgan fingerprint density at radius 1 is 0.710 bits per heavy atom. The van der Waals surface area contributed by atoms with E-state index >= 15 is 0 Å². The molecule has 0 unspecified atom stereocenters.